The van der Waals surface area contributed by atoms with Crippen LogP contribution < -0.4 is 14.2 Å². The van der Waals surface area contributed by atoms with E-state index < -0.39 is 48.7 Å². The molecule has 51 heavy (non-hydrogen) atoms. The molecule has 4 heterocycles. The average molecular weight is 724 g/mol. The number of nitrogens with zero attached hydrogens (tertiary/aromatic N) is 5. The summed E-state index contributed by atoms with van der Waals surface area (Å²) in [6, 6.07) is 6.23. The van der Waals surface area contributed by atoms with Gasteiger partial charge >= 0.3 is 12.8 Å². The van der Waals surface area contributed by atoms with Crippen LogP contribution in [0.3, 0.4) is 0 Å². The van der Waals surface area contributed by atoms with Gasteiger partial charge in [0.25, 0.3) is 5.91 Å². The number of aromatic nitrogens is 4. The molecular formula is C34H38F5N5O7. The number of aryl methyl sites for hydroxylation is 2. The largest absolute Gasteiger partial charge is 0.496 e. The van der Waals surface area contributed by atoms with Gasteiger partial charge in [-0.25, -0.2) is 0 Å². The lowest BCUT2D eigenvalue weighted by molar-refractivity contribution is -0.294. The summed E-state index contributed by atoms with van der Waals surface area (Å²) < 4.78 is 98.5. The summed E-state index contributed by atoms with van der Waals surface area (Å²) in [5.74, 6) is -1.51. The second kappa shape index (κ2) is 14.6. The molecule has 0 saturated carbocycles. The Morgan fingerprint density at radius 2 is 1.76 bits per heavy atom. The van der Waals surface area contributed by atoms with Crippen molar-refractivity contribution in [3.8, 4) is 39.6 Å². The minimum Gasteiger partial charge on any atom is -0.496 e. The number of carbonyl (C=O) groups is 1. The van der Waals surface area contributed by atoms with Gasteiger partial charge in [0.2, 0.25) is 0 Å². The van der Waals surface area contributed by atoms with Crippen LogP contribution in [-0.4, -0.2) is 100 Å². The first-order valence-electron chi connectivity index (χ1n) is 16.4. The minimum atomic E-state index is -4.99. The van der Waals surface area contributed by atoms with E-state index in [1.165, 1.54) is 23.9 Å². The number of hydrogen-bond acceptors (Lipinski definition) is 9. The molecule has 1 amide bonds. The molecule has 0 aliphatic carbocycles. The third-order valence-electron chi connectivity index (χ3n) is 8.88. The van der Waals surface area contributed by atoms with Crippen LogP contribution in [0.5, 0.6) is 17.2 Å². The van der Waals surface area contributed by atoms with Crippen molar-refractivity contribution in [2.75, 3.05) is 40.0 Å². The predicted octanol–water partition coefficient (Wildman–Crippen LogP) is 5.70. The summed E-state index contributed by atoms with van der Waals surface area (Å²) in [6.07, 6.45) is 2.67. The van der Waals surface area contributed by atoms with Crippen LogP contribution in [-0.2, 0) is 23.6 Å². The highest BCUT2D eigenvalue weighted by Crippen LogP contribution is 2.44. The SMILES string of the molecule is COc1cc(-c2c3c(OCCCCOC4CCCCO4)cc(-c4cnn(C)c4)cc3nn2C)cc(OC(F)F)c1C(=O)N1CC(O)(C(F)(F)F)C1. The Balaban J connectivity index is 1.34. The van der Waals surface area contributed by atoms with Crippen molar-refractivity contribution >= 4 is 16.8 Å². The number of halogens is 5. The second-order valence-corrected chi connectivity index (χ2v) is 12.6. The third kappa shape index (κ3) is 7.60. The topological polar surface area (TPSA) is 122 Å². The maximum atomic E-state index is 13.8. The zero-order valence-electron chi connectivity index (χ0n) is 28.2. The van der Waals surface area contributed by atoms with Crippen molar-refractivity contribution in [3.05, 3.63) is 42.2 Å². The van der Waals surface area contributed by atoms with Crippen LogP contribution in [0.2, 0.25) is 0 Å². The van der Waals surface area contributed by atoms with E-state index in [0.29, 0.717) is 59.9 Å². The molecule has 276 valence electrons. The molecule has 0 radical (unpaired) electrons. The average Bonchev–Trinajstić information content (AvgIpc) is 3.65. The Labute approximate surface area is 289 Å². The van der Waals surface area contributed by atoms with E-state index in [1.807, 2.05) is 18.3 Å². The number of alkyl halides is 5. The molecule has 0 bridgehead atoms. The highest BCUT2D eigenvalue weighted by Gasteiger charge is 2.62. The lowest BCUT2D eigenvalue weighted by Gasteiger charge is -2.47. The zero-order chi connectivity index (χ0) is 36.5. The fraction of sp³-hybridized carbons (Fsp3) is 0.500. The van der Waals surface area contributed by atoms with Gasteiger partial charge in [-0.1, -0.05) is 0 Å². The molecule has 0 spiro atoms. The van der Waals surface area contributed by atoms with Crippen LogP contribution in [0.1, 0.15) is 42.5 Å². The zero-order valence-corrected chi connectivity index (χ0v) is 28.2. The Morgan fingerprint density at radius 1 is 1.04 bits per heavy atom. The number of fused-ring (bicyclic) bond motifs is 1. The predicted molar refractivity (Wildman–Crippen MR) is 173 cm³/mol. The smallest absolute Gasteiger partial charge is 0.420 e. The molecule has 1 atom stereocenters. The molecule has 4 aromatic rings. The molecule has 17 heteroatoms. The first kappa shape index (κ1) is 36.3. The van der Waals surface area contributed by atoms with Gasteiger partial charge in [0.15, 0.2) is 11.9 Å². The number of rotatable bonds is 13. The Kier molecular flexibility index (Phi) is 10.4. The molecule has 2 aliphatic heterocycles. The van der Waals surface area contributed by atoms with E-state index in [0.717, 1.165) is 30.4 Å². The fourth-order valence-corrected chi connectivity index (χ4v) is 6.27. The fourth-order valence-electron chi connectivity index (χ4n) is 6.27. The first-order chi connectivity index (χ1) is 24.3. The van der Waals surface area contributed by atoms with E-state index >= 15 is 0 Å². The van der Waals surface area contributed by atoms with Crippen LogP contribution in [0, 0.1) is 0 Å². The standard InChI is InChI=1S/C34H38F5N5O7/c1-42-17-22(16-40-42)20-12-23-28(25(13-20)48-9-6-7-11-50-27-8-4-5-10-49-27)30(43(2)41-23)21-14-24(47-3)29(26(15-21)51-32(35)36)31(45)44-18-33(46,19-44)34(37,38)39/h12-17,27,32,46H,4-11,18-19H2,1-3H3. The summed E-state index contributed by atoms with van der Waals surface area (Å²) >= 11 is 0. The van der Waals surface area contributed by atoms with E-state index in [9.17, 15) is 31.9 Å². The number of β-amino-alcohol motifs (C(OH)–C–C–N with tert-alkyl or cyclic N) is 1. The van der Waals surface area contributed by atoms with Gasteiger partial charge in [-0.3, -0.25) is 14.2 Å². The van der Waals surface area contributed by atoms with Gasteiger partial charge in [-0.15, -0.1) is 0 Å². The van der Waals surface area contributed by atoms with Crippen LogP contribution in [0.15, 0.2) is 36.7 Å². The van der Waals surface area contributed by atoms with Gasteiger partial charge in [0, 0.05) is 44.6 Å². The highest BCUT2D eigenvalue weighted by molar-refractivity contribution is 6.04. The van der Waals surface area contributed by atoms with E-state index in [4.69, 9.17) is 23.7 Å². The summed E-state index contributed by atoms with van der Waals surface area (Å²) in [6.45, 7) is -4.05. The molecule has 1 N–H and O–H groups in total. The molecule has 2 saturated heterocycles. The second-order valence-electron chi connectivity index (χ2n) is 12.6. The molecule has 2 fully saturated rings. The number of benzene rings is 2. The van der Waals surface area contributed by atoms with E-state index in [2.05, 4.69) is 10.2 Å². The van der Waals surface area contributed by atoms with Crippen molar-refractivity contribution in [1.82, 2.24) is 24.5 Å². The number of aliphatic hydroxyl groups is 1. The monoisotopic (exact) mass is 723 g/mol. The van der Waals surface area contributed by atoms with Crippen LogP contribution >= 0.6 is 0 Å². The summed E-state index contributed by atoms with van der Waals surface area (Å²) in [7, 11) is 4.62. The molecule has 2 aliphatic rings. The maximum Gasteiger partial charge on any atom is 0.420 e. The highest BCUT2D eigenvalue weighted by atomic mass is 19.4. The molecular weight excluding hydrogens is 685 g/mol. The number of methoxy groups -OCH3 is 1. The lowest BCUT2D eigenvalue weighted by Crippen LogP contribution is -2.70. The van der Waals surface area contributed by atoms with E-state index in [-0.39, 0.29) is 17.6 Å². The number of carbonyl (C=O) groups excluding carboxylic acids is 1. The van der Waals surface area contributed by atoms with E-state index in [1.54, 1.807) is 25.0 Å². The van der Waals surface area contributed by atoms with Crippen molar-refractivity contribution in [2.45, 2.75) is 56.8 Å². The van der Waals surface area contributed by atoms with Gasteiger partial charge in [-0.05, 0) is 61.9 Å². The maximum absolute atomic E-state index is 13.8. The molecule has 12 nitrogen and oxygen atoms in total. The number of amides is 1. The number of hydrogen-bond donors (Lipinski definition) is 1. The van der Waals surface area contributed by atoms with Crippen molar-refractivity contribution in [2.24, 2.45) is 14.1 Å². The normalized spacial score (nSPS) is 17.5. The number of likely N-dealkylation sites (tertiary alicyclic amines) is 1. The lowest BCUT2D eigenvalue weighted by atomic mass is 9.92. The van der Waals surface area contributed by atoms with Gasteiger partial charge in [0.05, 0.1) is 49.6 Å². The summed E-state index contributed by atoms with van der Waals surface area (Å²) in [4.78, 5) is 14.1. The Hall–Kier alpha value is -4.48. The quantitative estimate of drug-likeness (QED) is 0.137. The van der Waals surface area contributed by atoms with Crippen molar-refractivity contribution < 1.29 is 55.5 Å². The summed E-state index contributed by atoms with van der Waals surface area (Å²) in [5, 5.41) is 19.4. The number of ether oxygens (including phenoxy) is 5. The van der Waals surface area contributed by atoms with Crippen LogP contribution in [0.4, 0.5) is 22.0 Å². The van der Waals surface area contributed by atoms with Gasteiger partial charge in [0.1, 0.15) is 22.8 Å². The number of unbranched alkanes of at least 4 members (excludes halogenated alkanes) is 1. The first-order valence-corrected chi connectivity index (χ1v) is 16.4. The van der Waals surface area contributed by atoms with Crippen molar-refractivity contribution in [3.63, 3.8) is 0 Å². The minimum absolute atomic E-state index is 0.194. The Morgan fingerprint density at radius 3 is 2.41 bits per heavy atom. The van der Waals surface area contributed by atoms with Crippen LogP contribution in [0.25, 0.3) is 33.3 Å². The third-order valence-corrected chi connectivity index (χ3v) is 8.88. The molecule has 6 rings (SSSR count). The van der Waals surface area contributed by atoms with Gasteiger partial charge < -0.3 is 33.7 Å². The van der Waals surface area contributed by atoms with Gasteiger partial charge in [-0.2, -0.15) is 32.1 Å². The Bertz CT molecular complexity index is 1870. The molecule has 2 aromatic heterocycles. The molecule has 2 aromatic carbocycles. The molecule has 1 unspecified atom stereocenters. The summed E-state index contributed by atoms with van der Waals surface area (Å²) in [5.41, 5.74) is -0.909. The van der Waals surface area contributed by atoms with Crippen molar-refractivity contribution in [1.29, 1.82) is 0 Å².